The quantitative estimate of drug-likeness (QED) is 0.429. The summed E-state index contributed by atoms with van der Waals surface area (Å²) in [5.41, 5.74) is 13.9. The molecular weight excluding hydrogens is 174 g/mol. The van der Waals surface area contributed by atoms with Crippen LogP contribution in [0.25, 0.3) is 0 Å². The molecule has 0 radical (unpaired) electrons. The molecule has 0 saturated heterocycles. The summed E-state index contributed by atoms with van der Waals surface area (Å²) in [6.45, 7) is 3.47. The Morgan fingerprint density at radius 2 is 2.21 bits per heavy atom. The molecule has 0 aliphatic heterocycles. The van der Waals surface area contributed by atoms with Gasteiger partial charge in [0.1, 0.15) is 0 Å². The second kappa shape index (κ2) is 5.40. The predicted octanol–water partition coefficient (Wildman–Crippen LogP) is 1.43. The van der Waals surface area contributed by atoms with Gasteiger partial charge in [0.05, 0.1) is 0 Å². The minimum Gasteiger partial charge on any atom is -0.399 e. The maximum absolute atomic E-state index is 5.68. The van der Waals surface area contributed by atoms with Gasteiger partial charge in [-0.2, -0.15) is 0 Å². The van der Waals surface area contributed by atoms with Crippen molar-refractivity contribution in [1.29, 1.82) is 0 Å². The van der Waals surface area contributed by atoms with Gasteiger partial charge in [-0.3, -0.25) is 4.99 Å². The molecule has 0 aliphatic rings. The Kier molecular flexibility index (Phi) is 4.13. The summed E-state index contributed by atoms with van der Waals surface area (Å²) in [6.07, 6.45) is 0.930. The van der Waals surface area contributed by atoms with E-state index in [9.17, 15) is 0 Å². The van der Waals surface area contributed by atoms with Gasteiger partial charge < -0.3 is 11.5 Å². The van der Waals surface area contributed by atoms with Crippen LogP contribution in [0.5, 0.6) is 0 Å². The van der Waals surface area contributed by atoms with Crippen molar-refractivity contribution in [2.45, 2.75) is 13.3 Å². The summed E-state index contributed by atoms with van der Waals surface area (Å²) in [4.78, 5) is 4.41. The largest absolute Gasteiger partial charge is 0.399 e. The van der Waals surface area contributed by atoms with Crippen molar-refractivity contribution < 1.29 is 0 Å². The molecule has 0 spiro atoms. The van der Waals surface area contributed by atoms with E-state index in [-0.39, 0.29) is 0 Å². The fourth-order valence-electron chi connectivity index (χ4n) is 1.19. The summed E-state index contributed by atoms with van der Waals surface area (Å²) in [5.74, 6) is 0. The van der Waals surface area contributed by atoms with Crippen LogP contribution in [0.15, 0.2) is 29.3 Å². The van der Waals surface area contributed by atoms with Gasteiger partial charge in [0.2, 0.25) is 0 Å². The molecule has 0 unspecified atom stereocenters. The van der Waals surface area contributed by atoms with E-state index in [0.29, 0.717) is 6.54 Å². The van der Waals surface area contributed by atoms with Gasteiger partial charge in [-0.1, -0.05) is 12.1 Å². The van der Waals surface area contributed by atoms with Gasteiger partial charge in [-0.15, -0.1) is 0 Å². The zero-order valence-corrected chi connectivity index (χ0v) is 8.53. The van der Waals surface area contributed by atoms with E-state index < -0.39 is 0 Å². The average Bonchev–Trinajstić information content (AvgIpc) is 2.18. The van der Waals surface area contributed by atoms with Gasteiger partial charge in [0.25, 0.3) is 0 Å². The van der Waals surface area contributed by atoms with E-state index in [1.807, 2.05) is 31.2 Å². The molecule has 0 fully saturated rings. The van der Waals surface area contributed by atoms with Gasteiger partial charge in [-0.25, -0.2) is 0 Å². The molecule has 0 bridgehead atoms. The zero-order valence-electron chi connectivity index (χ0n) is 8.53. The molecular formula is C11H17N3. The highest BCUT2D eigenvalue weighted by Crippen LogP contribution is 2.07. The monoisotopic (exact) mass is 191 g/mol. The summed E-state index contributed by atoms with van der Waals surface area (Å²) in [5, 5.41) is 0. The first-order valence-electron chi connectivity index (χ1n) is 4.81. The minimum absolute atomic E-state index is 0.688. The molecule has 14 heavy (non-hydrogen) atoms. The number of anilines is 1. The summed E-state index contributed by atoms with van der Waals surface area (Å²) in [6, 6.07) is 7.75. The van der Waals surface area contributed by atoms with Crippen LogP contribution in [0.4, 0.5) is 5.69 Å². The van der Waals surface area contributed by atoms with Crippen molar-refractivity contribution in [3.8, 4) is 0 Å². The second-order valence-electron chi connectivity index (χ2n) is 3.23. The molecule has 1 rings (SSSR count). The molecule has 1 aromatic rings. The minimum atomic E-state index is 0.688. The number of nitrogen functional groups attached to an aromatic ring is 1. The number of hydrogen-bond donors (Lipinski definition) is 2. The first kappa shape index (κ1) is 10.7. The van der Waals surface area contributed by atoms with Crippen LogP contribution in [0.2, 0.25) is 0 Å². The smallest absolute Gasteiger partial charge is 0.0404 e. The second-order valence-corrected chi connectivity index (χ2v) is 3.23. The predicted molar refractivity (Wildman–Crippen MR) is 61.6 cm³/mol. The van der Waals surface area contributed by atoms with Crippen LogP contribution in [0.1, 0.15) is 18.9 Å². The fraction of sp³-hybridized carbons (Fsp3) is 0.364. The highest BCUT2D eigenvalue weighted by Gasteiger charge is 1.96. The lowest BCUT2D eigenvalue weighted by molar-refractivity contribution is 0.844. The molecule has 3 nitrogen and oxygen atoms in total. The molecule has 0 amide bonds. The molecule has 4 N–H and O–H groups in total. The third-order valence-corrected chi connectivity index (χ3v) is 2.02. The Balaban J connectivity index is 2.68. The number of rotatable bonds is 4. The standard InChI is InChI=1S/C11H17N3/c1-9(14-7-3-6-12)10-4-2-5-11(13)8-10/h2,4-5,8H,3,6-7,12-13H2,1H3. The van der Waals surface area contributed by atoms with Crippen molar-refractivity contribution in [3.63, 3.8) is 0 Å². The van der Waals surface area contributed by atoms with Crippen molar-refractivity contribution in [2.75, 3.05) is 18.8 Å². The van der Waals surface area contributed by atoms with E-state index in [0.717, 1.165) is 29.9 Å². The molecule has 0 saturated carbocycles. The maximum atomic E-state index is 5.68. The van der Waals surface area contributed by atoms with Crippen molar-refractivity contribution in [1.82, 2.24) is 0 Å². The topological polar surface area (TPSA) is 64.4 Å². The highest BCUT2D eigenvalue weighted by molar-refractivity contribution is 5.99. The van der Waals surface area contributed by atoms with Crippen molar-refractivity contribution in [2.24, 2.45) is 10.7 Å². The first-order chi connectivity index (χ1) is 6.74. The van der Waals surface area contributed by atoms with Gasteiger partial charge in [0.15, 0.2) is 0 Å². The average molecular weight is 191 g/mol. The summed E-state index contributed by atoms with van der Waals surface area (Å²) in [7, 11) is 0. The highest BCUT2D eigenvalue weighted by atomic mass is 14.7. The third kappa shape index (κ3) is 3.18. The van der Waals surface area contributed by atoms with Crippen LogP contribution in [-0.4, -0.2) is 18.8 Å². The van der Waals surface area contributed by atoms with Crippen LogP contribution in [0, 0.1) is 0 Å². The number of nitrogens with two attached hydrogens (primary N) is 2. The molecule has 3 heteroatoms. The van der Waals surface area contributed by atoms with Crippen LogP contribution in [-0.2, 0) is 0 Å². The lowest BCUT2D eigenvalue weighted by Gasteiger charge is -2.01. The van der Waals surface area contributed by atoms with Crippen LogP contribution in [0.3, 0.4) is 0 Å². The van der Waals surface area contributed by atoms with E-state index in [1.54, 1.807) is 0 Å². The van der Waals surface area contributed by atoms with Crippen molar-refractivity contribution >= 4 is 11.4 Å². The Labute approximate surface area is 84.8 Å². The molecule has 0 heterocycles. The number of hydrogen-bond acceptors (Lipinski definition) is 3. The number of nitrogens with zero attached hydrogens (tertiary/aromatic N) is 1. The van der Waals surface area contributed by atoms with E-state index in [4.69, 9.17) is 11.5 Å². The lowest BCUT2D eigenvalue weighted by atomic mass is 10.1. The van der Waals surface area contributed by atoms with Gasteiger partial charge in [0, 0.05) is 17.9 Å². The summed E-state index contributed by atoms with van der Waals surface area (Å²) >= 11 is 0. The van der Waals surface area contributed by atoms with Gasteiger partial charge >= 0.3 is 0 Å². The number of benzene rings is 1. The Hall–Kier alpha value is -1.35. The lowest BCUT2D eigenvalue weighted by Crippen LogP contribution is -2.02. The first-order valence-corrected chi connectivity index (χ1v) is 4.81. The van der Waals surface area contributed by atoms with Gasteiger partial charge in [-0.05, 0) is 37.6 Å². The van der Waals surface area contributed by atoms with Crippen molar-refractivity contribution in [3.05, 3.63) is 29.8 Å². The SMILES string of the molecule is CC(=NCCCN)c1cccc(N)c1. The number of aliphatic imine (C=N–C) groups is 1. The summed E-state index contributed by atoms with van der Waals surface area (Å²) < 4.78 is 0. The molecule has 0 aromatic heterocycles. The van der Waals surface area contributed by atoms with E-state index in [2.05, 4.69) is 4.99 Å². The van der Waals surface area contributed by atoms with E-state index >= 15 is 0 Å². The van der Waals surface area contributed by atoms with Crippen LogP contribution < -0.4 is 11.5 Å². The Morgan fingerprint density at radius 1 is 1.43 bits per heavy atom. The van der Waals surface area contributed by atoms with E-state index in [1.165, 1.54) is 0 Å². The maximum Gasteiger partial charge on any atom is 0.0404 e. The Bertz CT molecular complexity index is 318. The van der Waals surface area contributed by atoms with Crippen LogP contribution >= 0.6 is 0 Å². The normalized spacial score (nSPS) is 11.7. The molecule has 0 aliphatic carbocycles. The zero-order chi connectivity index (χ0) is 10.4. The third-order valence-electron chi connectivity index (χ3n) is 2.02. The molecule has 0 atom stereocenters. The fourth-order valence-corrected chi connectivity index (χ4v) is 1.19. The molecule has 1 aromatic carbocycles. The Morgan fingerprint density at radius 3 is 2.86 bits per heavy atom. The molecule has 76 valence electrons.